The molecule has 6 heteroatoms. The van der Waals surface area contributed by atoms with Crippen LogP contribution in [0.2, 0.25) is 5.02 Å². The third-order valence-corrected chi connectivity index (χ3v) is 4.24. The number of carbonyl (C=O) groups is 1. The van der Waals surface area contributed by atoms with Crippen LogP contribution in [0.25, 0.3) is 0 Å². The molecule has 0 heterocycles. The van der Waals surface area contributed by atoms with E-state index < -0.39 is 5.97 Å². The van der Waals surface area contributed by atoms with Crippen molar-refractivity contribution in [3.05, 3.63) is 34.9 Å². The van der Waals surface area contributed by atoms with Gasteiger partial charge in [-0.3, -0.25) is 4.79 Å². The summed E-state index contributed by atoms with van der Waals surface area (Å²) >= 11 is 12.5. The highest BCUT2D eigenvalue weighted by atomic mass is 35.5. The molecule has 0 aliphatic heterocycles. The molecule has 0 aromatic heterocycles. The highest BCUT2D eigenvalue weighted by Gasteiger charge is 2.00. The molecule has 1 aromatic carbocycles. The molecule has 2 N–H and O–H groups in total. The number of rotatable bonds is 8. The molecular weight excluding hydrogens is 314 g/mol. The van der Waals surface area contributed by atoms with Crippen LogP contribution in [0, 0.1) is 0 Å². The second-order valence-corrected chi connectivity index (χ2v) is 6.50. The number of carboxylic acid groups (broad SMARTS) is 1. The summed E-state index contributed by atoms with van der Waals surface area (Å²) in [6.07, 6.45) is 2.83. The first-order valence-corrected chi connectivity index (χ1v) is 8.22. The Labute approximate surface area is 134 Å². The lowest BCUT2D eigenvalue weighted by atomic mass is 10.1. The molecule has 3 nitrogen and oxygen atoms in total. The maximum atomic E-state index is 10.3. The van der Waals surface area contributed by atoms with E-state index in [1.807, 2.05) is 24.3 Å². The standard InChI is InChI=1S/C14H18ClNO2S2/c15-12-7-5-11(6-8-12)3-1-9-16-14(19)20-10-2-4-13(17)18/h5-8H,1-4,9-10H2,(H,16,19)(H,17,18). The molecule has 0 aliphatic carbocycles. The van der Waals surface area contributed by atoms with Crippen LogP contribution in [0.15, 0.2) is 24.3 Å². The summed E-state index contributed by atoms with van der Waals surface area (Å²) in [6.45, 7) is 0.827. The lowest BCUT2D eigenvalue weighted by molar-refractivity contribution is -0.137. The number of thioether (sulfide) groups is 1. The molecule has 1 rings (SSSR count). The van der Waals surface area contributed by atoms with Crippen molar-refractivity contribution in [2.75, 3.05) is 12.3 Å². The minimum atomic E-state index is -0.757. The number of aliphatic carboxylic acids is 1. The van der Waals surface area contributed by atoms with Gasteiger partial charge in [-0.1, -0.05) is 47.7 Å². The minimum absolute atomic E-state index is 0.201. The van der Waals surface area contributed by atoms with E-state index in [-0.39, 0.29) is 6.42 Å². The molecule has 0 radical (unpaired) electrons. The van der Waals surface area contributed by atoms with Crippen molar-refractivity contribution in [1.82, 2.24) is 5.32 Å². The first-order chi connectivity index (χ1) is 9.58. The Balaban J connectivity index is 2.04. The van der Waals surface area contributed by atoms with Crippen molar-refractivity contribution in [2.45, 2.75) is 25.7 Å². The van der Waals surface area contributed by atoms with Gasteiger partial charge in [0.1, 0.15) is 4.32 Å². The fraction of sp³-hybridized carbons (Fsp3) is 0.429. The fourth-order valence-electron chi connectivity index (χ4n) is 1.57. The van der Waals surface area contributed by atoms with E-state index in [2.05, 4.69) is 5.32 Å². The predicted molar refractivity (Wildman–Crippen MR) is 89.7 cm³/mol. The lowest BCUT2D eigenvalue weighted by Gasteiger charge is -2.07. The Kier molecular flexibility index (Phi) is 8.65. The van der Waals surface area contributed by atoms with Crippen molar-refractivity contribution in [1.29, 1.82) is 0 Å². The summed E-state index contributed by atoms with van der Waals surface area (Å²) in [7, 11) is 0. The summed E-state index contributed by atoms with van der Waals surface area (Å²) in [5, 5.41) is 12.4. The van der Waals surface area contributed by atoms with Crippen LogP contribution < -0.4 is 5.32 Å². The largest absolute Gasteiger partial charge is 0.481 e. The molecule has 0 saturated heterocycles. The molecule has 1 aromatic rings. The Hall–Kier alpha value is -0.780. The zero-order valence-electron chi connectivity index (χ0n) is 11.1. The van der Waals surface area contributed by atoms with E-state index in [1.165, 1.54) is 17.3 Å². The van der Waals surface area contributed by atoms with Gasteiger partial charge >= 0.3 is 5.97 Å². The average molecular weight is 332 g/mol. The molecule has 110 valence electrons. The number of hydrogen-bond donors (Lipinski definition) is 2. The molecular formula is C14H18ClNO2S2. The summed E-state index contributed by atoms with van der Waals surface area (Å²) in [5.41, 5.74) is 1.26. The number of thiocarbonyl (C=S) groups is 1. The van der Waals surface area contributed by atoms with Gasteiger partial charge in [0.2, 0.25) is 0 Å². The maximum absolute atomic E-state index is 10.3. The second-order valence-electron chi connectivity index (χ2n) is 4.29. The first kappa shape index (κ1) is 17.3. The average Bonchev–Trinajstić information content (AvgIpc) is 2.41. The van der Waals surface area contributed by atoms with E-state index in [0.29, 0.717) is 6.42 Å². The van der Waals surface area contributed by atoms with E-state index in [0.717, 1.165) is 34.5 Å². The van der Waals surface area contributed by atoms with Crippen LogP contribution in [-0.2, 0) is 11.2 Å². The summed E-state index contributed by atoms with van der Waals surface area (Å²) in [4.78, 5) is 10.3. The zero-order chi connectivity index (χ0) is 14.8. The molecule has 20 heavy (non-hydrogen) atoms. The number of aryl methyl sites for hydroxylation is 1. The topological polar surface area (TPSA) is 49.3 Å². The highest BCUT2D eigenvalue weighted by molar-refractivity contribution is 8.22. The van der Waals surface area contributed by atoms with Crippen molar-refractivity contribution in [2.24, 2.45) is 0 Å². The SMILES string of the molecule is O=C(O)CCCSC(=S)NCCCc1ccc(Cl)cc1. The third-order valence-electron chi connectivity index (χ3n) is 2.59. The molecule has 0 aliphatic rings. The number of carboxylic acids is 1. The minimum Gasteiger partial charge on any atom is -0.481 e. The summed E-state index contributed by atoms with van der Waals surface area (Å²) in [5.74, 6) is -0.0116. The number of nitrogens with one attached hydrogen (secondary N) is 1. The Morgan fingerprint density at radius 2 is 2.00 bits per heavy atom. The molecule has 0 unspecified atom stereocenters. The Morgan fingerprint density at radius 1 is 1.30 bits per heavy atom. The monoisotopic (exact) mass is 331 g/mol. The lowest BCUT2D eigenvalue weighted by Crippen LogP contribution is -2.20. The van der Waals surface area contributed by atoms with E-state index in [1.54, 1.807) is 0 Å². The van der Waals surface area contributed by atoms with Crippen LogP contribution in [0.5, 0.6) is 0 Å². The van der Waals surface area contributed by atoms with E-state index in [9.17, 15) is 4.79 Å². The van der Waals surface area contributed by atoms with Crippen LogP contribution in [0.1, 0.15) is 24.8 Å². The van der Waals surface area contributed by atoms with Gasteiger partial charge < -0.3 is 10.4 Å². The molecule has 0 saturated carbocycles. The van der Waals surface area contributed by atoms with Crippen molar-refractivity contribution >= 4 is 45.9 Å². The third kappa shape index (κ3) is 8.40. The van der Waals surface area contributed by atoms with Crippen LogP contribution in [0.3, 0.4) is 0 Å². The predicted octanol–water partition coefficient (Wildman–Crippen LogP) is 3.75. The van der Waals surface area contributed by atoms with Gasteiger partial charge in [-0.15, -0.1) is 0 Å². The van der Waals surface area contributed by atoms with Gasteiger partial charge in [-0.2, -0.15) is 0 Å². The summed E-state index contributed by atoms with van der Waals surface area (Å²) in [6, 6.07) is 7.85. The molecule has 0 spiro atoms. The van der Waals surface area contributed by atoms with Gasteiger partial charge in [0, 0.05) is 23.7 Å². The molecule has 0 amide bonds. The van der Waals surface area contributed by atoms with Gasteiger partial charge in [0.25, 0.3) is 0 Å². The number of benzene rings is 1. The van der Waals surface area contributed by atoms with Gasteiger partial charge in [0.05, 0.1) is 0 Å². The highest BCUT2D eigenvalue weighted by Crippen LogP contribution is 2.11. The van der Waals surface area contributed by atoms with Gasteiger partial charge in [-0.25, -0.2) is 0 Å². The van der Waals surface area contributed by atoms with Crippen LogP contribution >= 0.6 is 35.6 Å². The number of hydrogen-bond acceptors (Lipinski definition) is 3. The Morgan fingerprint density at radius 3 is 2.65 bits per heavy atom. The van der Waals surface area contributed by atoms with E-state index >= 15 is 0 Å². The quantitative estimate of drug-likeness (QED) is 0.561. The van der Waals surface area contributed by atoms with Crippen molar-refractivity contribution in [3.63, 3.8) is 0 Å². The fourth-order valence-corrected chi connectivity index (χ4v) is 2.73. The van der Waals surface area contributed by atoms with Crippen molar-refractivity contribution < 1.29 is 9.90 Å². The second kappa shape index (κ2) is 10.0. The smallest absolute Gasteiger partial charge is 0.303 e. The first-order valence-electron chi connectivity index (χ1n) is 6.45. The normalized spacial score (nSPS) is 10.2. The zero-order valence-corrected chi connectivity index (χ0v) is 13.5. The molecule has 0 atom stereocenters. The summed E-state index contributed by atoms with van der Waals surface area (Å²) < 4.78 is 0.742. The molecule has 0 bridgehead atoms. The van der Waals surface area contributed by atoms with Crippen molar-refractivity contribution in [3.8, 4) is 0 Å². The van der Waals surface area contributed by atoms with Gasteiger partial charge in [-0.05, 0) is 37.0 Å². The Bertz CT molecular complexity index is 437. The van der Waals surface area contributed by atoms with Gasteiger partial charge in [0.15, 0.2) is 0 Å². The van der Waals surface area contributed by atoms with E-state index in [4.69, 9.17) is 28.9 Å². The number of halogens is 1. The molecule has 0 fully saturated rings. The maximum Gasteiger partial charge on any atom is 0.303 e. The van der Waals surface area contributed by atoms with Crippen LogP contribution in [-0.4, -0.2) is 27.7 Å². The van der Waals surface area contributed by atoms with Crippen LogP contribution in [0.4, 0.5) is 0 Å².